The minimum atomic E-state index is -3.70. The van der Waals surface area contributed by atoms with Gasteiger partial charge in [0, 0.05) is 5.38 Å². The Morgan fingerprint density at radius 3 is 2.75 bits per heavy atom. The number of sulfonamides is 1. The summed E-state index contributed by atoms with van der Waals surface area (Å²) in [7, 11) is -3.70. The Hall–Kier alpha value is -1.31. The van der Waals surface area contributed by atoms with E-state index in [2.05, 4.69) is 9.71 Å². The fraction of sp³-hybridized carbons (Fsp3) is 0.250. The molecule has 1 heterocycles. The monoisotopic (exact) mass is 332 g/mol. The molecule has 0 fully saturated rings. The molecule has 1 aromatic carbocycles. The maximum Gasteiger partial charge on any atom is 0.263 e. The van der Waals surface area contributed by atoms with Gasteiger partial charge in [-0.2, -0.15) is 0 Å². The number of nitrogens with zero attached hydrogens (tertiary/aromatic N) is 1. The van der Waals surface area contributed by atoms with Gasteiger partial charge in [-0.25, -0.2) is 13.4 Å². The summed E-state index contributed by atoms with van der Waals surface area (Å²) < 4.78 is 32.1. The lowest BCUT2D eigenvalue weighted by Gasteiger charge is -2.09. The number of thiazole rings is 1. The molecule has 0 aliphatic heterocycles. The van der Waals surface area contributed by atoms with Crippen LogP contribution in [0.5, 0.6) is 5.75 Å². The van der Waals surface area contributed by atoms with Crippen molar-refractivity contribution in [3.8, 4) is 5.75 Å². The van der Waals surface area contributed by atoms with Crippen LogP contribution in [0, 0.1) is 6.92 Å². The van der Waals surface area contributed by atoms with Crippen LogP contribution in [-0.4, -0.2) is 20.0 Å². The van der Waals surface area contributed by atoms with E-state index in [1.807, 2.05) is 6.92 Å². The minimum absolute atomic E-state index is 0.0683. The van der Waals surface area contributed by atoms with Gasteiger partial charge in [0.25, 0.3) is 10.0 Å². The van der Waals surface area contributed by atoms with Gasteiger partial charge in [0.1, 0.15) is 5.75 Å². The van der Waals surface area contributed by atoms with Crippen LogP contribution in [-0.2, 0) is 10.0 Å². The van der Waals surface area contributed by atoms with Crippen LogP contribution in [0.4, 0.5) is 5.13 Å². The molecule has 5 nitrogen and oxygen atoms in total. The molecule has 20 heavy (non-hydrogen) atoms. The van der Waals surface area contributed by atoms with E-state index in [-0.39, 0.29) is 9.92 Å². The summed E-state index contributed by atoms with van der Waals surface area (Å²) >= 11 is 7.22. The number of ether oxygens (including phenoxy) is 1. The van der Waals surface area contributed by atoms with Gasteiger partial charge in [-0.05, 0) is 32.0 Å². The predicted molar refractivity (Wildman–Crippen MR) is 80.3 cm³/mol. The SMILES string of the molecule is CCOc1ccc(S(=O)(=O)Nc2nc(C)cs2)cc1Cl. The number of benzene rings is 1. The molecule has 0 aliphatic carbocycles. The van der Waals surface area contributed by atoms with Crippen molar-refractivity contribution in [2.75, 3.05) is 11.3 Å². The molecule has 0 bridgehead atoms. The van der Waals surface area contributed by atoms with Crippen LogP contribution in [0.3, 0.4) is 0 Å². The lowest BCUT2D eigenvalue weighted by atomic mass is 10.3. The highest BCUT2D eigenvalue weighted by Crippen LogP contribution is 2.28. The molecule has 0 spiro atoms. The number of anilines is 1. The smallest absolute Gasteiger partial charge is 0.263 e. The molecule has 1 aromatic heterocycles. The third-order valence-electron chi connectivity index (χ3n) is 2.35. The number of hydrogen-bond acceptors (Lipinski definition) is 5. The summed E-state index contributed by atoms with van der Waals surface area (Å²) in [5.41, 5.74) is 0.762. The Kier molecular flexibility index (Phi) is 4.52. The van der Waals surface area contributed by atoms with Gasteiger partial charge >= 0.3 is 0 Å². The van der Waals surface area contributed by atoms with Crippen molar-refractivity contribution in [1.82, 2.24) is 4.98 Å². The van der Waals surface area contributed by atoms with E-state index in [1.54, 1.807) is 12.3 Å². The molecule has 0 saturated carbocycles. The largest absolute Gasteiger partial charge is 0.492 e. The number of aryl methyl sites for hydroxylation is 1. The normalized spacial score (nSPS) is 11.3. The van der Waals surface area contributed by atoms with Crippen molar-refractivity contribution in [1.29, 1.82) is 0 Å². The number of aromatic nitrogens is 1. The van der Waals surface area contributed by atoms with Crippen molar-refractivity contribution in [2.24, 2.45) is 0 Å². The van der Waals surface area contributed by atoms with Crippen LogP contribution >= 0.6 is 22.9 Å². The summed E-state index contributed by atoms with van der Waals surface area (Å²) in [4.78, 5) is 4.13. The average molecular weight is 333 g/mol. The van der Waals surface area contributed by atoms with Crippen molar-refractivity contribution in [3.63, 3.8) is 0 Å². The molecule has 8 heteroatoms. The topological polar surface area (TPSA) is 68.3 Å². The van der Waals surface area contributed by atoms with Gasteiger partial charge in [0.2, 0.25) is 0 Å². The van der Waals surface area contributed by atoms with Crippen LogP contribution in [0.1, 0.15) is 12.6 Å². The van der Waals surface area contributed by atoms with Crippen molar-refractivity contribution >= 4 is 38.1 Å². The molecule has 0 saturated heterocycles. The number of halogens is 1. The molecule has 0 radical (unpaired) electrons. The molecular weight excluding hydrogens is 320 g/mol. The molecule has 0 unspecified atom stereocenters. The van der Waals surface area contributed by atoms with Gasteiger partial charge in [-0.1, -0.05) is 11.6 Å². The van der Waals surface area contributed by atoms with Gasteiger partial charge in [0.05, 0.1) is 22.2 Å². The van der Waals surface area contributed by atoms with E-state index in [9.17, 15) is 8.42 Å². The zero-order valence-corrected chi connectivity index (χ0v) is 13.3. The summed E-state index contributed by atoms with van der Waals surface area (Å²) in [6, 6.07) is 4.34. The Balaban J connectivity index is 2.27. The Morgan fingerprint density at radius 1 is 1.45 bits per heavy atom. The zero-order chi connectivity index (χ0) is 14.8. The van der Waals surface area contributed by atoms with E-state index in [4.69, 9.17) is 16.3 Å². The Bertz CT molecular complexity index is 713. The van der Waals surface area contributed by atoms with Gasteiger partial charge in [-0.15, -0.1) is 11.3 Å². The predicted octanol–water partition coefficient (Wildman–Crippen LogP) is 3.30. The second-order valence-electron chi connectivity index (χ2n) is 3.92. The molecule has 0 atom stereocenters. The van der Waals surface area contributed by atoms with E-state index >= 15 is 0 Å². The molecule has 108 valence electrons. The second-order valence-corrected chi connectivity index (χ2v) is 6.87. The van der Waals surface area contributed by atoms with E-state index < -0.39 is 10.0 Å². The van der Waals surface area contributed by atoms with Crippen LogP contribution in [0.25, 0.3) is 0 Å². The van der Waals surface area contributed by atoms with Crippen molar-refractivity contribution in [3.05, 3.63) is 34.3 Å². The summed E-state index contributed by atoms with van der Waals surface area (Å²) in [5.74, 6) is 0.457. The average Bonchev–Trinajstić information content (AvgIpc) is 2.76. The van der Waals surface area contributed by atoms with E-state index in [0.717, 1.165) is 5.69 Å². The van der Waals surface area contributed by atoms with Crippen LogP contribution in [0.15, 0.2) is 28.5 Å². The molecule has 1 N–H and O–H groups in total. The first-order valence-electron chi connectivity index (χ1n) is 5.79. The highest BCUT2D eigenvalue weighted by Gasteiger charge is 2.17. The lowest BCUT2D eigenvalue weighted by molar-refractivity contribution is 0.340. The minimum Gasteiger partial charge on any atom is -0.492 e. The second kappa shape index (κ2) is 5.99. The fourth-order valence-corrected chi connectivity index (χ4v) is 3.76. The zero-order valence-electron chi connectivity index (χ0n) is 10.9. The molecular formula is C12H13ClN2O3S2. The van der Waals surface area contributed by atoms with Gasteiger partial charge in [-0.3, -0.25) is 4.72 Å². The lowest BCUT2D eigenvalue weighted by Crippen LogP contribution is -2.12. The van der Waals surface area contributed by atoms with Crippen LogP contribution < -0.4 is 9.46 Å². The Labute approximate surface area is 126 Å². The van der Waals surface area contributed by atoms with Gasteiger partial charge < -0.3 is 4.74 Å². The van der Waals surface area contributed by atoms with Crippen molar-refractivity contribution in [2.45, 2.75) is 18.7 Å². The summed E-state index contributed by atoms with van der Waals surface area (Å²) in [6.07, 6.45) is 0. The quantitative estimate of drug-likeness (QED) is 0.912. The molecule has 2 rings (SSSR count). The van der Waals surface area contributed by atoms with Gasteiger partial charge in [0.15, 0.2) is 5.13 Å². The summed E-state index contributed by atoms with van der Waals surface area (Å²) in [5, 5.41) is 2.35. The summed E-state index contributed by atoms with van der Waals surface area (Å²) in [6.45, 7) is 4.08. The third kappa shape index (κ3) is 3.41. The van der Waals surface area contributed by atoms with Crippen molar-refractivity contribution < 1.29 is 13.2 Å². The Morgan fingerprint density at radius 2 is 2.20 bits per heavy atom. The maximum atomic E-state index is 12.2. The third-order valence-corrected chi connectivity index (χ3v) is 4.99. The fourth-order valence-electron chi connectivity index (χ4n) is 1.50. The maximum absolute atomic E-state index is 12.2. The number of hydrogen-bond donors (Lipinski definition) is 1. The molecule has 2 aromatic rings. The molecule has 0 aliphatic rings. The highest BCUT2D eigenvalue weighted by atomic mass is 35.5. The molecule has 0 amide bonds. The van der Waals surface area contributed by atoms with Crippen LogP contribution in [0.2, 0.25) is 5.02 Å². The first-order valence-corrected chi connectivity index (χ1v) is 8.53. The highest BCUT2D eigenvalue weighted by molar-refractivity contribution is 7.93. The number of rotatable bonds is 5. The van der Waals surface area contributed by atoms with E-state index in [1.165, 1.54) is 29.5 Å². The first-order chi connectivity index (χ1) is 9.42. The van der Waals surface area contributed by atoms with E-state index in [0.29, 0.717) is 17.5 Å². The standard InChI is InChI=1S/C12H13ClN2O3S2/c1-3-18-11-5-4-9(6-10(11)13)20(16,17)15-12-14-8(2)7-19-12/h4-7H,3H2,1-2H3,(H,14,15). The first kappa shape index (κ1) is 15.1. The number of nitrogens with one attached hydrogen (secondary N) is 1.